The van der Waals surface area contributed by atoms with Gasteiger partial charge in [0.1, 0.15) is 0 Å². The first-order valence-corrected chi connectivity index (χ1v) is 51.4. The van der Waals surface area contributed by atoms with Crippen LogP contribution >= 0.6 is 0 Å². The Morgan fingerprint density at radius 2 is 0.457 bits per heavy atom. The van der Waals surface area contributed by atoms with E-state index in [1.54, 1.807) is 0 Å². The molecular weight excluding hydrogens is 1570 g/mol. The van der Waals surface area contributed by atoms with Crippen LogP contribution < -0.4 is 44.1 Å². The van der Waals surface area contributed by atoms with Gasteiger partial charge in [-0.2, -0.15) is 44.9 Å². The third-order valence-electron chi connectivity index (χ3n) is 31.8. The van der Waals surface area contributed by atoms with Crippen molar-refractivity contribution in [3.8, 4) is 0 Å². The summed E-state index contributed by atoms with van der Waals surface area (Å²) in [4.78, 5) is 87.6. The molecule has 0 amide bonds. The zero-order chi connectivity index (χ0) is 94.1. The molecule has 0 unspecified atom stereocenters. The fourth-order valence-electron chi connectivity index (χ4n) is 22.5. The van der Waals surface area contributed by atoms with Gasteiger partial charge < -0.3 is 44.1 Å². The molecule has 3 aromatic rings. The molecule has 8 rings (SSSR count). The smallest absolute Gasteiger partial charge is 0.236 e. The summed E-state index contributed by atoms with van der Waals surface area (Å²) in [5, 5.41) is 0. The highest BCUT2D eigenvalue weighted by atomic mass is 15.5. The van der Waals surface area contributed by atoms with Gasteiger partial charge in [-0.15, -0.1) is 0 Å². The van der Waals surface area contributed by atoms with E-state index in [1.807, 2.05) is 6.20 Å². The number of nitrogens with zero attached hydrogens (tertiary/aromatic N) is 23. The maximum atomic E-state index is 6.17. The van der Waals surface area contributed by atoms with Crippen LogP contribution in [0, 0.1) is 0 Å². The van der Waals surface area contributed by atoms with Crippen molar-refractivity contribution >= 4 is 53.5 Å². The first-order chi connectivity index (χ1) is 59.5. The third-order valence-corrected chi connectivity index (χ3v) is 31.8. The lowest BCUT2D eigenvalue weighted by atomic mass is 9.77. The highest BCUT2D eigenvalue weighted by molar-refractivity contribution is 5.52. The van der Waals surface area contributed by atoms with Gasteiger partial charge in [-0.05, 0) is 315 Å². The first-order valence-electron chi connectivity index (χ1n) is 51.4. The van der Waals surface area contributed by atoms with Gasteiger partial charge in [0.05, 0.1) is 6.20 Å². The number of hydrogen-bond acceptors (Lipinski definition) is 23. The van der Waals surface area contributed by atoms with Crippen LogP contribution in [0.15, 0.2) is 24.2 Å². The van der Waals surface area contributed by atoms with Crippen LogP contribution in [-0.4, -0.2) is 269 Å². The Kier molecular flexibility index (Phi) is 38.5. The summed E-state index contributed by atoms with van der Waals surface area (Å²) in [5.74, 6) is 7.27. The summed E-state index contributed by atoms with van der Waals surface area (Å²) in [6.07, 6.45) is 35.5. The minimum atomic E-state index is -0.0910. The molecule has 5 saturated heterocycles. The maximum Gasteiger partial charge on any atom is 0.236 e. The second-order valence-corrected chi connectivity index (χ2v) is 46.2. The molecule has 23 heteroatoms. The normalized spacial score (nSPS) is 20.9. The van der Waals surface area contributed by atoms with Crippen molar-refractivity contribution in [3.05, 3.63) is 24.2 Å². The van der Waals surface area contributed by atoms with E-state index in [9.17, 15) is 0 Å². The molecular formula is C104H201N23. The number of aromatic nitrogens is 9. The van der Waals surface area contributed by atoms with Crippen molar-refractivity contribution in [2.45, 2.75) is 478 Å². The molecule has 23 nitrogen and oxygen atoms in total. The fraction of sp³-hybridized carbons (Fsp3) is 0.875. The molecule has 0 atom stereocenters. The molecule has 127 heavy (non-hydrogen) atoms. The Morgan fingerprint density at radius 1 is 0.268 bits per heavy atom. The summed E-state index contributed by atoms with van der Waals surface area (Å²) >= 11 is 0. The molecule has 0 radical (unpaired) electrons. The predicted molar refractivity (Wildman–Crippen MR) is 553 cm³/mol. The van der Waals surface area contributed by atoms with Crippen molar-refractivity contribution in [1.29, 1.82) is 0 Å². The maximum absolute atomic E-state index is 6.17. The summed E-state index contributed by atoms with van der Waals surface area (Å²) in [5.41, 5.74) is 5.48. The quantitative estimate of drug-likeness (QED) is 0.0387. The SMILES string of the molecule is C=C=C=CN(CCCC)c1nc(N(CCCC)CCCC)nc(N(CCCCCCN(c2nc(N(CCCC)C3CC(C)(C)N(C)C(C)(C)C3)nc(N(CCCCCCN(c3nc(N(C)CCCC)nc(N(CCCC)CCCC)n3)C3CC(C)(C)N(C)C(C)(C)C3)C3CC(C)(C)N(C)C(C)(C)C3)n2)C2CC(C)(C)N(C)C(C)(C)C2)C2CC(C)(C)N(C)C(C)(C)C2)n1.[HH].[HH].[HH].[HH]. The van der Waals surface area contributed by atoms with Gasteiger partial charge in [-0.1, -0.05) is 131 Å². The Balaban J connectivity index is 0.00000898. The average molecular weight is 1770 g/mol. The second-order valence-electron chi connectivity index (χ2n) is 46.2. The Hall–Kier alpha value is -5.67. The van der Waals surface area contributed by atoms with Gasteiger partial charge in [0.25, 0.3) is 0 Å². The second kappa shape index (κ2) is 45.8. The minimum absolute atomic E-state index is 0. The van der Waals surface area contributed by atoms with Crippen molar-refractivity contribution in [3.63, 3.8) is 0 Å². The van der Waals surface area contributed by atoms with Crippen molar-refractivity contribution < 1.29 is 5.71 Å². The minimum Gasteiger partial charge on any atom is -0.344 e. The van der Waals surface area contributed by atoms with Gasteiger partial charge in [0.2, 0.25) is 53.5 Å². The number of piperidine rings is 5. The molecule has 5 aliphatic rings. The van der Waals surface area contributed by atoms with Crippen molar-refractivity contribution in [1.82, 2.24) is 69.4 Å². The zero-order valence-corrected chi connectivity index (χ0v) is 88.4. The van der Waals surface area contributed by atoms with E-state index in [1.165, 1.54) is 0 Å². The molecule has 0 aromatic carbocycles. The monoisotopic (exact) mass is 1770 g/mol. The summed E-state index contributed by atoms with van der Waals surface area (Å²) < 4.78 is 0. The van der Waals surface area contributed by atoms with Crippen LogP contribution in [0.25, 0.3) is 0 Å². The van der Waals surface area contributed by atoms with Gasteiger partial charge >= 0.3 is 0 Å². The fourth-order valence-corrected chi connectivity index (χ4v) is 22.5. The Labute approximate surface area is 785 Å². The zero-order valence-electron chi connectivity index (χ0n) is 88.4. The molecule has 0 N–H and O–H groups in total. The number of rotatable bonds is 50. The average Bonchev–Trinajstić information content (AvgIpc) is 0.381. The van der Waals surface area contributed by atoms with Gasteiger partial charge in [-0.25, -0.2) is 0 Å². The van der Waals surface area contributed by atoms with E-state index in [0.29, 0.717) is 5.95 Å². The number of likely N-dealkylation sites (tertiary alicyclic amines) is 5. The standard InChI is InChI=1S/C104H193N23.4H2/c1-35-43-59-114(29)86-105-87(120(60-44-36-2)61-45-37-3)108-90(106-86)124(82-73-97(13,14)116(31)98(15,16)74-82)67-55-51-53-57-69-126(84-77-101(21,22)118(33)102(23,24)78-84)93-111-92(123(66-50-42-8)81-71-95(9,10)115(30)96(11,12)72-81)112-94(113-93)127(85-79-103(25,26)119(34)104(27,28)80-85)70-58-54-52-56-68-125(83-75-99(17,18)117(32)100(19,20)76-83)91-109-88(121(62-46-38-4)63-47-39-5)107-89(110-91)122(64-48-40-6)65-49-41-7;;;;/h62,81-85H,4,35-37,39-45,47-61,63-80H2,1-3,5-34H3;4*1H. The van der Waals surface area contributed by atoms with E-state index in [2.05, 4.69) is 316 Å². The first kappa shape index (κ1) is 107. The van der Waals surface area contributed by atoms with E-state index < -0.39 is 0 Å². The third kappa shape index (κ3) is 27.8. The van der Waals surface area contributed by atoms with E-state index in [0.717, 1.165) is 325 Å². The van der Waals surface area contributed by atoms with Crippen molar-refractivity contribution in [2.75, 3.05) is 158 Å². The molecule has 0 spiro atoms. The molecule has 0 bridgehead atoms. The van der Waals surface area contributed by atoms with Crippen LogP contribution in [0.1, 0.15) is 398 Å². The molecule has 5 fully saturated rings. The predicted octanol–water partition coefficient (Wildman–Crippen LogP) is 22.9. The highest BCUT2D eigenvalue weighted by Crippen LogP contribution is 2.48. The largest absolute Gasteiger partial charge is 0.344 e. The van der Waals surface area contributed by atoms with Gasteiger partial charge in [0, 0.05) is 170 Å². The number of anilines is 9. The van der Waals surface area contributed by atoms with Crippen LogP contribution in [0.3, 0.4) is 0 Å². The number of unbranched alkanes of at least 4 members (excludes halogenated alkanes) is 13. The van der Waals surface area contributed by atoms with Crippen LogP contribution in [0.5, 0.6) is 0 Å². The summed E-state index contributed by atoms with van der Waals surface area (Å²) in [6, 6.07) is 1.04. The number of hydrogen-bond donors (Lipinski definition) is 0. The van der Waals surface area contributed by atoms with E-state index in [4.69, 9.17) is 44.9 Å². The van der Waals surface area contributed by atoms with Crippen LogP contribution in [0.4, 0.5) is 53.5 Å². The lowest BCUT2D eigenvalue weighted by Crippen LogP contribution is -2.63. The van der Waals surface area contributed by atoms with Gasteiger partial charge in [-0.3, -0.25) is 24.5 Å². The van der Waals surface area contributed by atoms with Crippen molar-refractivity contribution in [2.24, 2.45) is 0 Å². The molecule has 8 heterocycles. The molecule has 0 aliphatic carbocycles. The Bertz CT molecular complexity index is 3830. The molecule has 732 valence electrons. The molecule has 0 saturated carbocycles. The summed E-state index contributed by atoms with van der Waals surface area (Å²) in [7, 11) is 13.9. The Morgan fingerprint density at radius 3 is 0.701 bits per heavy atom. The molecule has 3 aromatic heterocycles. The van der Waals surface area contributed by atoms with E-state index in [-0.39, 0.29) is 91.3 Å². The molecule has 5 aliphatic heterocycles. The topological polar surface area (TPSA) is 161 Å². The lowest BCUT2D eigenvalue weighted by molar-refractivity contribution is -0.0136. The lowest BCUT2D eigenvalue weighted by Gasteiger charge is -2.56. The van der Waals surface area contributed by atoms with Crippen LogP contribution in [0.2, 0.25) is 0 Å². The summed E-state index contributed by atoms with van der Waals surface area (Å²) in [6.45, 7) is 78.9. The van der Waals surface area contributed by atoms with Gasteiger partial charge in [0.15, 0.2) is 0 Å². The van der Waals surface area contributed by atoms with E-state index >= 15 is 0 Å². The van der Waals surface area contributed by atoms with Crippen LogP contribution in [-0.2, 0) is 0 Å². The highest BCUT2D eigenvalue weighted by Gasteiger charge is 2.52.